The van der Waals surface area contributed by atoms with Gasteiger partial charge in [-0.05, 0) is 57.8 Å². The molecule has 2 unspecified atom stereocenters. The molecule has 0 aliphatic carbocycles. The minimum absolute atomic E-state index is 0.257. The summed E-state index contributed by atoms with van der Waals surface area (Å²) < 4.78 is 32.7. The number of hydrogen-bond donors (Lipinski definition) is 3. The smallest absolute Gasteiger partial charge is 0.266 e. The van der Waals surface area contributed by atoms with Crippen LogP contribution in [-0.4, -0.2) is 41.9 Å². The Kier molecular flexibility index (Phi) is 42.1. The van der Waals surface area contributed by atoms with E-state index >= 15 is 0 Å². The zero-order chi connectivity index (χ0) is 41.8. The van der Waals surface area contributed by atoms with E-state index in [2.05, 4.69) is 79.9 Å². The zero-order valence-electron chi connectivity index (χ0n) is 37.2. The Hall–Kier alpha value is -1.96. The Bertz CT molecular complexity index is 1130. The minimum atomic E-state index is -4.32. The lowest BCUT2D eigenvalue weighted by atomic mass is 10.0. The molecule has 0 spiro atoms. The number of unbranched alkanes of at least 4 members (excludes halogenated alkanes) is 25. The van der Waals surface area contributed by atoms with Crippen molar-refractivity contribution in [1.82, 2.24) is 5.32 Å². The quantitative estimate of drug-likeness (QED) is 0.0323. The van der Waals surface area contributed by atoms with Crippen molar-refractivity contribution in [2.24, 2.45) is 0 Å². The van der Waals surface area contributed by atoms with Gasteiger partial charge < -0.3 is 10.4 Å². The molecule has 332 valence electrons. The largest absolute Gasteiger partial charge is 0.391 e. The van der Waals surface area contributed by atoms with E-state index in [1.165, 1.54) is 122 Å². The maximum atomic E-state index is 12.6. The summed E-state index contributed by atoms with van der Waals surface area (Å²) in [7, 11) is -4.32. The third-order valence-corrected chi connectivity index (χ3v) is 11.5. The molecule has 7 heteroatoms. The molecular weight excluding hydrogens is 727 g/mol. The molecule has 0 fully saturated rings. The molecule has 2 atom stereocenters. The van der Waals surface area contributed by atoms with Crippen LogP contribution in [0.4, 0.5) is 0 Å². The van der Waals surface area contributed by atoms with E-state index in [0.717, 1.165) is 83.5 Å². The van der Waals surface area contributed by atoms with Crippen LogP contribution in [-0.2, 0) is 14.9 Å². The van der Waals surface area contributed by atoms with Gasteiger partial charge in [0, 0.05) is 6.42 Å². The average Bonchev–Trinajstić information content (AvgIpc) is 3.18. The first kappa shape index (κ1) is 55.0. The Balaban J connectivity index is 3.83. The summed E-state index contributed by atoms with van der Waals surface area (Å²) in [6.45, 7) is 4.43. The molecule has 0 aliphatic rings. The van der Waals surface area contributed by atoms with Gasteiger partial charge in [0.15, 0.2) is 0 Å². The fourth-order valence-electron chi connectivity index (χ4n) is 7.19. The third-order valence-electron chi connectivity index (χ3n) is 10.7. The first-order valence-corrected chi connectivity index (χ1v) is 25.6. The second-order valence-corrected chi connectivity index (χ2v) is 17.9. The van der Waals surface area contributed by atoms with Crippen molar-refractivity contribution in [3.05, 3.63) is 60.8 Å². The van der Waals surface area contributed by atoms with E-state index in [1.54, 1.807) is 0 Å². The van der Waals surface area contributed by atoms with Crippen molar-refractivity contribution in [2.45, 2.75) is 244 Å². The van der Waals surface area contributed by atoms with Gasteiger partial charge in [-0.1, -0.05) is 229 Å². The fraction of sp³-hybridized carbons (Fsp3) is 0.780. The number of amides is 1. The van der Waals surface area contributed by atoms with Crippen molar-refractivity contribution in [3.8, 4) is 0 Å². The number of rotatable bonds is 43. The average molecular weight is 818 g/mol. The van der Waals surface area contributed by atoms with Gasteiger partial charge in [-0.2, -0.15) is 8.42 Å². The van der Waals surface area contributed by atoms with Gasteiger partial charge in [-0.15, -0.1) is 0 Å². The normalized spacial score (nSPS) is 13.7. The second kappa shape index (κ2) is 43.6. The van der Waals surface area contributed by atoms with Crippen LogP contribution < -0.4 is 5.32 Å². The number of aliphatic hydroxyl groups excluding tert-OH is 1. The van der Waals surface area contributed by atoms with Gasteiger partial charge in [-0.25, -0.2) is 0 Å². The zero-order valence-corrected chi connectivity index (χ0v) is 38.0. The highest BCUT2D eigenvalue weighted by Gasteiger charge is 2.26. The topological polar surface area (TPSA) is 104 Å². The molecule has 6 nitrogen and oxygen atoms in total. The highest BCUT2D eigenvalue weighted by molar-refractivity contribution is 7.85. The Morgan fingerprint density at radius 2 is 0.842 bits per heavy atom. The molecular formula is C50H91NO5S. The minimum Gasteiger partial charge on any atom is -0.391 e. The molecule has 0 aromatic rings. The van der Waals surface area contributed by atoms with E-state index in [4.69, 9.17) is 0 Å². The maximum Gasteiger partial charge on any atom is 0.266 e. The molecule has 0 saturated heterocycles. The van der Waals surface area contributed by atoms with Gasteiger partial charge >= 0.3 is 0 Å². The van der Waals surface area contributed by atoms with Gasteiger partial charge in [0.05, 0.1) is 17.9 Å². The number of hydrogen-bond acceptors (Lipinski definition) is 4. The Morgan fingerprint density at radius 3 is 1.25 bits per heavy atom. The molecule has 0 aromatic carbocycles. The number of nitrogens with one attached hydrogen (secondary N) is 1. The Morgan fingerprint density at radius 1 is 0.491 bits per heavy atom. The van der Waals surface area contributed by atoms with Gasteiger partial charge in [0.2, 0.25) is 5.91 Å². The monoisotopic (exact) mass is 818 g/mol. The van der Waals surface area contributed by atoms with Crippen LogP contribution in [0.1, 0.15) is 232 Å². The van der Waals surface area contributed by atoms with E-state index in [-0.39, 0.29) is 5.91 Å². The highest BCUT2D eigenvalue weighted by Crippen LogP contribution is 2.16. The third kappa shape index (κ3) is 45.0. The lowest BCUT2D eigenvalue weighted by Gasteiger charge is -2.23. The molecule has 3 N–H and O–H groups in total. The van der Waals surface area contributed by atoms with Crippen LogP contribution in [0.2, 0.25) is 0 Å². The lowest BCUT2D eigenvalue weighted by Crippen LogP contribution is -2.47. The fourth-order valence-corrected chi connectivity index (χ4v) is 7.95. The Labute approximate surface area is 353 Å². The number of allylic oxidation sites excluding steroid dienone is 10. The van der Waals surface area contributed by atoms with E-state index < -0.39 is 28.0 Å². The van der Waals surface area contributed by atoms with Gasteiger partial charge in [0.1, 0.15) is 0 Å². The number of carbonyl (C=O) groups excluding carboxylic acids is 1. The van der Waals surface area contributed by atoms with Crippen LogP contribution in [0, 0.1) is 0 Å². The second-order valence-electron chi connectivity index (χ2n) is 16.4. The molecule has 0 bridgehead atoms. The molecule has 1 amide bonds. The summed E-state index contributed by atoms with van der Waals surface area (Å²) in [5.41, 5.74) is 0. The number of aliphatic hydroxyl groups is 1. The summed E-state index contributed by atoms with van der Waals surface area (Å²) >= 11 is 0. The van der Waals surface area contributed by atoms with Crippen molar-refractivity contribution >= 4 is 16.0 Å². The molecule has 0 radical (unpaired) electrons. The van der Waals surface area contributed by atoms with Gasteiger partial charge in [0.25, 0.3) is 10.1 Å². The predicted molar refractivity (Wildman–Crippen MR) is 248 cm³/mol. The summed E-state index contributed by atoms with van der Waals surface area (Å²) in [4.78, 5) is 12.6. The van der Waals surface area contributed by atoms with Crippen molar-refractivity contribution in [3.63, 3.8) is 0 Å². The molecule has 0 saturated carbocycles. The first-order chi connectivity index (χ1) is 27.8. The summed E-state index contributed by atoms with van der Waals surface area (Å²) in [6.07, 6.45) is 60.3. The first-order valence-electron chi connectivity index (χ1n) is 24.0. The predicted octanol–water partition coefficient (Wildman–Crippen LogP) is 14.8. The number of carbonyl (C=O) groups is 1. The molecule has 0 aliphatic heterocycles. The van der Waals surface area contributed by atoms with Crippen LogP contribution in [0.25, 0.3) is 0 Å². The van der Waals surface area contributed by atoms with E-state index in [9.17, 15) is 22.9 Å². The van der Waals surface area contributed by atoms with E-state index in [0.29, 0.717) is 12.8 Å². The standard InChI is InChI=1S/C50H91NO5S/c1-3-5-7-9-11-13-15-17-19-21-23-24-25-26-28-30-32-34-36-38-40-42-44-46-50(53)51-48(47-57(54,55)56)49(52)45-43-41-39-37-35-33-31-29-27-22-20-18-16-14-12-10-8-6-4-2/h5,7,11,13,17,19,23-24,26,28,48-49,52H,3-4,6,8-10,12,14-16,18,20-22,25,27,29-47H2,1-2H3,(H,51,53)(H,54,55,56)/b7-5-,13-11-,19-17-,24-23-,28-26-. The highest BCUT2D eigenvalue weighted by atomic mass is 32.2. The van der Waals surface area contributed by atoms with Gasteiger partial charge in [-0.3, -0.25) is 9.35 Å². The molecule has 0 heterocycles. The maximum absolute atomic E-state index is 12.6. The van der Waals surface area contributed by atoms with Crippen molar-refractivity contribution < 1.29 is 22.9 Å². The lowest BCUT2D eigenvalue weighted by molar-refractivity contribution is -0.122. The molecule has 0 rings (SSSR count). The summed E-state index contributed by atoms with van der Waals surface area (Å²) in [6, 6.07) is -0.981. The van der Waals surface area contributed by atoms with Crippen LogP contribution in [0.3, 0.4) is 0 Å². The van der Waals surface area contributed by atoms with Crippen LogP contribution in [0.15, 0.2) is 60.8 Å². The van der Waals surface area contributed by atoms with Crippen molar-refractivity contribution in [1.29, 1.82) is 0 Å². The summed E-state index contributed by atoms with van der Waals surface area (Å²) in [5, 5.41) is 13.4. The van der Waals surface area contributed by atoms with Crippen LogP contribution in [0.5, 0.6) is 0 Å². The summed E-state index contributed by atoms with van der Waals surface area (Å²) in [5.74, 6) is -0.911. The van der Waals surface area contributed by atoms with Crippen LogP contribution >= 0.6 is 0 Å². The van der Waals surface area contributed by atoms with E-state index in [1.807, 2.05) is 0 Å². The molecule has 57 heavy (non-hydrogen) atoms. The SMILES string of the molecule is CC/C=C\C/C=C\C/C=C\C/C=C\C/C=C\CCCCCCCCCC(=O)NC(CS(=O)(=O)O)C(O)CCCCCCCCCCCCCCCCCCCCC. The molecule has 0 aromatic heterocycles. The van der Waals surface area contributed by atoms with Crippen molar-refractivity contribution in [2.75, 3.05) is 5.75 Å².